The molecular formula is C12H11FN2O2S. The summed E-state index contributed by atoms with van der Waals surface area (Å²) < 4.78 is 13.0. The van der Waals surface area contributed by atoms with Crippen molar-refractivity contribution in [1.82, 2.24) is 4.98 Å². The molecule has 0 spiro atoms. The van der Waals surface area contributed by atoms with Gasteiger partial charge < -0.3 is 10.0 Å². The first-order valence-electron chi connectivity index (χ1n) is 5.19. The van der Waals surface area contributed by atoms with Crippen LogP contribution < -0.4 is 4.90 Å². The number of carbonyl (C=O) groups is 1. The highest BCUT2D eigenvalue weighted by Gasteiger charge is 2.16. The van der Waals surface area contributed by atoms with Crippen molar-refractivity contribution in [2.75, 3.05) is 11.9 Å². The Kier molecular flexibility index (Phi) is 3.57. The van der Waals surface area contributed by atoms with Gasteiger partial charge in [-0.3, -0.25) is 0 Å². The highest BCUT2D eigenvalue weighted by molar-refractivity contribution is 7.07. The number of carboxylic acid groups (broad SMARTS) is 1. The summed E-state index contributed by atoms with van der Waals surface area (Å²) in [4.78, 5) is 16.6. The van der Waals surface area contributed by atoms with Gasteiger partial charge in [0.2, 0.25) is 0 Å². The predicted octanol–water partition coefficient (Wildman–Crippen LogP) is 2.62. The van der Waals surface area contributed by atoms with Gasteiger partial charge in [-0.2, -0.15) is 11.3 Å². The second kappa shape index (κ2) is 5.14. The Hall–Kier alpha value is -1.95. The molecule has 0 bridgehead atoms. The number of carboxylic acids is 1. The van der Waals surface area contributed by atoms with Gasteiger partial charge in [-0.15, -0.1) is 0 Å². The first-order valence-corrected chi connectivity index (χ1v) is 6.13. The first kappa shape index (κ1) is 12.5. The van der Waals surface area contributed by atoms with Gasteiger partial charge in [0.15, 0.2) is 0 Å². The van der Waals surface area contributed by atoms with Gasteiger partial charge >= 0.3 is 5.97 Å². The maximum Gasteiger partial charge on any atom is 0.339 e. The molecule has 0 aliphatic heterocycles. The molecule has 6 heteroatoms. The second-order valence-corrected chi connectivity index (χ2v) is 4.60. The lowest BCUT2D eigenvalue weighted by atomic mass is 10.2. The fourth-order valence-corrected chi connectivity index (χ4v) is 2.28. The number of hydrogen-bond donors (Lipinski definition) is 1. The quantitative estimate of drug-likeness (QED) is 0.924. The van der Waals surface area contributed by atoms with Crippen molar-refractivity contribution in [3.63, 3.8) is 0 Å². The average Bonchev–Trinajstić information content (AvgIpc) is 2.81. The lowest BCUT2D eigenvalue weighted by Gasteiger charge is -2.19. The van der Waals surface area contributed by atoms with Crippen LogP contribution in [-0.4, -0.2) is 23.1 Å². The minimum Gasteiger partial charge on any atom is -0.478 e. The Balaban J connectivity index is 2.29. The van der Waals surface area contributed by atoms with Crippen LogP contribution in [-0.2, 0) is 6.54 Å². The first-order chi connectivity index (χ1) is 8.58. The summed E-state index contributed by atoms with van der Waals surface area (Å²) in [5.41, 5.74) is 0.928. The van der Waals surface area contributed by atoms with Crippen LogP contribution in [0.4, 0.5) is 10.2 Å². The van der Waals surface area contributed by atoms with Crippen LogP contribution in [0.25, 0.3) is 0 Å². The number of halogens is 1. The Labute approximate surface area is 107 Å². The molecule has 18 heavy (non-hydrogen) atoms. The topological polar surface area (TPSA) is 53.4 Å². The maximum absolute atomic E-state index is 13.0. The van der Waals surface area contributed by atoms with Gasteiger partial charge in [-0.05, 0) is 28.5 Å². The van der Waals surface area contributed by atoms with E-state index in [4.69, 9.17) is 5.11 Å². The summed E-state index contributed by atoms with van der Waals surface area (Å²) in [6.07, 6.45) is 1.02. The van der Waals surface area contributed by atoms with Crippen molar-refractivity contribution in [3.05, 3.63) is 46.0 Å². The van der Waals surface area contributed by atoms with E-state index in [0.29, 0.717) is 6.54 Å². The molecule has 2 heterocycles. The van der Waals surface area contributed by atoms with E-state index in [1.165, 1.54) is 0 Å². The van der Waals surface area contributed by atoms with Crippen molar-refractivity contribution < 1.29 is 14.3 Å². The standard InChI is InChI=1S/C12H11FN2O2S/c1-15(6-8-2-3-18-7-8)11-10(12(16)17)4-9(13)5-14-11/h2-5,7H,6H2,1H3,(H,16,17). The molecule has 94 valence electrons. The second-order valence-electron chi connectivity index (χ2n) is 3.82. The smallest absolute Gasteiger partial charge is 0.339 e. The number of thiophene rings is 1. The van der Waals surface area contributed by atoms with Gasteiger partial charge in [0, 0.05) is 13.6 Å². The molecule has 0 aliphatic carbocycles. The molecule has 1 N–H and O–H groups in total. The normalized spacial score (nSPS) is 10.3. The van der Waals surface area contributed by atoms with Crippen LogP contribution in [0.15, 0.2) is 29.1 Å². The number of hydrogen-bond acceptors (Lipinski definition) is 4. The van der Waals surface area contributed by atoms with Gasteiger partial charge in [-0.1, -0.05) is 0 Å². The zero-order valence-corrected chi connectivity index (χ0v) is 10.4. The van der Waals surface area contributed by atoms with Crippen molar-refractivity contribution in [2.24, 2.45) is 0 Å². The number of anilines is 1. The third-order valence-corrected chi connectivity index (χ3v) is 3.16. The Morgan fingerprint density at radius 1 is 1.61 bits per heavy atom. The molecule has 0 aromatic carbocycles. The van der Waals surface area contributed by atoms with Crippen LogP contribution in [0.1, 0.15) is 15.9 Å². The molecule has 4 nitrogen and oxygen atoms in total. The minimum atomic E-state index is -1.19. The van der Waals surface area contributed by atoms with E-state index in [9.17, 15) is 9.18 Å². The Bertz CT molecular complexity index is 557. The highest BCUT2D eigenvalue weighted by atomic mass is 32.1. The van der Waals surface area contributed by atoms with Crippen LogP contribution in [0, 0.1) is 5.82 Å². The zero-order chi connectivity index (χ0) is 13.1. The van der Waals surface area contributed by atoms with E-state index >= 15 is 0 Å². The molecular weight excluding hydrogens is 255 g/mol. The van der Waals surface area contributed by atoms with E-state index in [2.05, 4.69) is 4.98 Å². The molecule has 2 rings (SSSR count). The summed E-state index contributed by atoms with van der Waals surface area (Å²) >= 11 is 1.57. The van der Waals surface area contributed by atoms with E-state index < -0.39 is 11.8 Å². The molecule has 0 fully saturated rings. The minimum absolute atomic E-state index is 0.132. The van der Waals surface area contributed by atoms with Crippen molar-refractivity contribution in [1.29, 1.82) is 0 Å². The molecule has 0 saturated heterocycles. The number of nitrogens with zero attached hydrogens (tertiary/aromatic N) is 2. The number of pyridine rings is 1. The molecule has 0 amide bonds. The number of aromatic nitrogens is 1. The van der Waals surface area contributed by atoms with Crippen molar-refractivity contribution >= 4 is 23.1 Å². The lowest BCUT2D eigenvalue weighted by Crippen LogP contribution is -2.20. The molecule has 0 unspecified atom stereocenters. The van der Waals surface area contributed by atoms with Crippen molar-refractivity contribution in [3.8, 4) is 0 Å². The summed E-state index contributed by atoms with van der Waals surface area (Å²) in [5, 5.41) is 13.0. The maximum atomic E-state index is 13.0. The van der Waals surface area contributed by atoms with Crippen LogP contribution in [0.2, 0.25) is 0 Å². The molecule has 0 saturated carbocycles. The van der Waals surface area contributed by atoms with Crippen LogP contribution in [0.3, 0.4) is 0 Å². The zero-order valence-electron chi connectivity index (χ0n) is 9.63. The molecule has 2 aromatic rings. The van der Waals surface area contributed by atoms with Gasteiger partial charge in [-0.25, -0.2) is 14.2 Å². The summed E-state index contributed by atoms with van der Waals surface area (Å²) in [7, 11) is 1.73. The summed E-state index contributed by atoms with van der Waals surface area (Å²) in [6, 6.07) is 2.93. The largest absolute Gasteiger partial charge is 0.478 e. The van der Waals surface area contributed by atoms with E-state index in [1.807, 2.05) is 16.8 Å². The monoisotopic (exact) mass is 266 g/mol. The van der Waals surface area contributed by atoms with E-state index in [-0.39, 0.29) is 11.4 Å². The molecule has 0 radical (unpaired) electrons. The molecule has 0 aliphatic rings. The van der Waals surface area contributed by atoms with E-state index in [1.54, 1.807) is 23.3 Å². The SMILES string of the molecule is CN(Cc1ccsc1)c1ncc(F)cc1C(=O)O. The average molecular weight is 266 g/mol. The fourth-order valence-electron chi connectivity index (χ4n) is 1.62. The third-order valence-electron chi connectivity index (χ3n) is 2.43. The highest BCUT2D eigenvalue weighted by Crippen LogP contribution is 2.20. The van der Waals surface area contributed by atoms with Gasteiger partial charge in [0.1, 0.15) is 17.2 Å². The molecule has 0 atom stereocenters. The van der Waals surface area contributed by atoms with Crippen LogP contribution in [0.5, 0.6) is 0 Å². The van der Waals surface area contributed by atoms with Gasteiger partial charge in [0.25, 0.3) is 0 Å². The third kappa shape index (κ3) is 2.65. The summed E-state index contributed by atoms with van der Waals surface area (Å²) in [5.74, 6) is -1.58. The summed E-state index contributed by atoms with van der Waals surface area (Å²) in [6.45, 7) is 0.530. The van der Waals surface area contributed by atoms with Gasteiger partial charge in [0.05, 0.1) is 6.20 Å². The van der Waals surface area contributed by atoms with Crippen molar-refractivity contribution in [2.45, 2.75) is 6.54 Å². The molecule has 2 aromatic heterocycles. The lowest BCUT2D eigenvalue weighted by molar-refractivity contribution is 0.0696. The Morgan fingerprint density at radius 2 is 2.39 bits per heavy atom. The number of rotatable bonds is 4. The Morgan fingerprint density at radius 3 is 3.00 bits per heavy atom. The predicted molar refractivity (Wildman–Crippen MR) is 67.6 cm³/mol. The van der Waals surface area contributed by atoms with Crippen LogP contribution >= 0.6 is 11.3 Å². The fraction of sp³-hybridized carbons (Fsp3) is 0.167. The van der Waals surface area contributed by atoms with E-state index in [0.717, 1.165) is 17.8 Å². The number of aromatic carboxylic acids is 1.